The second kappa shape index (κ2) is 7.82. The number of anilines is 2. The van der Waals surface area contributed by atoms with Crippen molar-refractivity contribution in [2.75, 3.05) is 37.5 Å². The quantitative estimate of drug-likeness (QED) is 0.664. The largest absolute Gasteiger partial charge is 0.497 e. The molecule has 29 heavy (non-hydrogen) atoms. The Balaban J connectivity index is 1.58. The molecule has 0 radical (unpaired) electrons. The number of rotatable bonds is 6. The highest BCUT2D eigenvalue weighted by molar-refractivity contribution is 5.92. The van der Waals surface area contributed by atoms with Gasteiger partial charge in [0, 0.05) is 31.5 Å². The van der Waals surface area contributed by atoms with Gasteiger partial charge in [0.2, 0.25) is 11.6 Å². The minimum absolute atomic E-state index is 0.227. The van der Waals surface area contributed by atoms with Crippen LogP contribution >= 0.6 is 0 Å². The number of ether oxygens (including phenoxy) is 2. The summed E-state index contributed by atoms with van der Waals surface area (Å²) in [6.45, 7) is 1.53. The number of fused-ring (bicyclic) bond motifs is 1. The number of methoxy groups -OCH3 is 2. The molecule has 0 spiro atoms. The summed E-state index contributed by atoms with van der Waals surface area (Å²) in [7, 11) is 3.05. The fourth-order valence-corrected chi connectivity index (χ4v) is 3.42. The van der Waals surface area contributed by atoms with Gasteiger partial charge in [-0.2, -0.15) is 0 Å². The zero-order valence-electron chi connectivity index (χ0n) is 16.3. The number of nitrogens with zero attached hydrogens (tertiary/aromatic N) is 5. The molecule has 0 bridgehead atoms. The summed E-state index contributed by atoms with van der Waals surface area (Å²) >= 11 is 0. The summed E-state index contributed by atoms with van der Waals surface area (Å²) in [4.78, 5) is 31.7. The molecule has 0 unspecified atom stereocenters. The second-order valence-corrected chi connectivity index (χ2v) is 6.69. The molecule has 152 valence electrons. The molecule has 3 heterocycles. The maximum absolute atomic E-state index is 12.7. The first-order valence-corrected chi connectivity index (χ1v) is 9.31. The Morgan fingerprint density at radius 3 is 2.72 bits per heavy atom. The molecule has 3 aromatic rings. The molecule has 0 saturated carbocycles. The lowest BCUT2D eigenvalue weighted by atomic mass is 10.2. The van der Waals surface area contributed by atoms with Crippen LogP contribution in [-0.4, -0.2) is 52.4 Å². The van der Waals surface area contributed by atoms with Crippen molar-refractivity contribution in [3.63, 3.8) is 0 Å². The lowest BCUT2D eigenvalue weighted by molar-refractivity contribution is -0.117. The lowest BCUT2D eigenvalue weighted by Crippen LogP contribution is -2.28. The van der Waals surface area contributed by atoms with Crippen LogP contribution < -0.4 is 25.4 Å². The lowest BCUT2D eigenvalue weighted by Gasteiger charge is -2.15. The van der Waals surface area contributed by atoms with E-state index in [9.17, 15) is 9.59 Å². The molecular weight excluding hydrogens is 376 g/mol. The third kappa shape index (κ3) is 3.60. The van der Waals surface area contributed by atoms with Crippen molar-refractivity contribution < 1.29 is 14.3 Å². The average molecular weight is 398 g/mol. The van der Waals surface area contributed by atoms with Gasteiger partial charge in [0.1, 0.15) is 18.0 Å². The molecule has 0 atom stereocenters. The van der Waals surface area contributed by atoms with Crippen molar-refractivity contribution in [1.29, 1.82) is 0 Å². The number of carbonyl (C=O) groups excluding carboxylic acids is 1. The molecule has 1 fully saturated rings. The second-order valence-electron chi connectivity index (χ2n) is 6.69. The average Bonchev–Trinajstić information content (AvgIpc) is 3.37. The van der Waals surface area contributed by atoms with Crippen LogP contribution in [0.1, 0.15) is 12.8 Å². The molecule has 10 nitrogen and oxygen atoms in total. The van der Waals surface area contributed by atoms with Crippen molar-refractivity contribution in [2.45, 2.75) is 19.4 Å². The van der Waals surface area contributed by atoms with Gasteiger partial charge < -0.3 is 19.7 Å². The first-order valence-electron chi connectivity index (χ1n) is 9.31. The topological polar surface area (TPSA) is 103 Å². The monoisotopic (exact) mass is 398 g/mol. The van der Waals surface area contributed by atoms with E-state index in [0.29, 0.717) is 28.7 Å². The normalized spacial score (nSPS) is 13.7. The van der Waals surface area contributed by atoms with Gasteiger partial charge in [-0.25, -0.2) is 18.9 Å². The van der Waals surface area contributed by atoms with Crippen LogP contribution in [0.4, 0.5) is 11.5 Å². The molecule has 1 amide bonds. The number of amides is 1. The van der Waals surface area contributed by atoms with E-state index in [0.717, 1.165) is 30.6 Å². The SMILES string of the molecule is COc1ccc(NC(=O)Cn2nc3c(N4CCCC4)nccn3c2=O)c(OC)c1. The van der Waals surface area contributed by atoms with E-state index in [1.165, 1.54) is 11.5 Å². The van der Waals surface area contributed by atoms with Gasteiger partial charge in [0.05, 0.1) is 19.9 Å². The van der Waals surface area contributed by atoms with Crippen LogP contribution in [-0.2, 0) is 11.3 Å². The zero-order valence-corrected chi connectivity index (χ0v) is 16.3. The third-order valence-electron chi connectivity index (χ3n) is 4.86. The fourth-order valence-electron chi connectivity index (χ4n) is 3.42. The summed E-state index contributed by atoms with van der Waals surface area (Å²) < 4.78 is 13.0. The number of aromatic nitrogens is 4. The van der Waals surface area contributed by atoms with Crippen molar-refractivity contribution in [3.8, 4) is 11.5 Å². The minimum Gasteiger partial charge on any atom is -0.497 e. The molecule has 1 aliphatic heterocycles. The van der Waals surface area contributed by atoms with E-state index in [4.69, 9.17) is 9.47 Å². The Bertz CT molecular complexity index is 1100. The van der Waals surface area contributed by atoms with E-state index < -0.39 is 5.91 Å². The van der Waals surface area contributed by atoms with Crippen LogP contribution in [0, 0.1) is 0 Å². The predicted molar refractivity (Wildman–Crippen MR) is 107 cm³/mol. The van der Waals surface area contributed by atoms with Gasteiger partial charge in [0.25, 0.3) is 0 Å². The van der Waals surface area contributed by atoms with Gasteiger partial charge in [-0.15, -0.1) is 5.10 Å². The molecule has 1 saturated heterocycles. The van der Waals surface area contributed by atoms with Crippen LogP contribution in [0.25, 0.3) is 5.65 Å². The van der Waals surface area contributed by atoms with Crippen molar-refractivity contribution >= 4 is 23.1 Å². The maximum atomic E-state index is 12.7. The van der Waals surface area contributed by atoms with Crippen LogP contribution in [0.3, 0.4) is 0 Å². The summed E-state index contributed by atoms with van der Waals surface area (Å²) in [5.41, 5.74) is 0.545. The van der Waals surface area contributed by atoms with Crippen LogP contribution in [0.15, 0.2) is 35.4 Å². The Morgan fingerprint density at radius 2 is 2.00 bits per heavy atom. The summed E-state index contributed by atoms with van der Waals surface area (Å²) in [6, 6.07) is 5.06. The van der Waals surface area contributed by atoms with E-state index >= 15 is 0 Å². The number of hydrogen-bond donors (Lipinski definition) is 1. The van der Waals surface area contributed by atoms with Crippen LogP contribution in [0.2, 0.25) is 0 Å². The number of hydrogen-bond acceptors (Lipinski definition) is 7. The number of benzene rings is 1. The van der Waals surface area contributed by atoms with Gasteiger partial charge in [-0.3, -0.25) is 4.79 Å². The highest BCUT2D eigenvalue weighted by atomic mass is 16.5. The fraction of sp³-hybridized carbons (Fsp3) is 0.368. The minimum atomic E-state index is -0.394. The summed E-state index contributed by atoms with van der Waals surface area (Å²) in [6.07, 6.45) is 5.31. The standard InChI is InChI=1S/C19H22N6O4/c1-28-13-5-6-14(15(11-13)29-2)21-16(26)12-25-19(27)24-10-7-20-17(18(24)22-25)23-8-3-4-9-23/h5-7,10-11H,3-4,8-9,12H2,1-2H3,(H,21,26). The Labute approximate surface area is 166 Å². The molecule has 1 aliphatic rings. The van der Waals surface area contributed by atoms with Crippen molar-refractivity contribution in [3.05, 3.63) is 41.1 Å². The Kier molecular flexibility index (Phi) is 5.07. The molecule has 10 heteroatoms. The van der Waals surface area contributed by atoms with Crippen molar-refractivity contribution in [2.24, 2.45) is 0 Å². The predicted octanol–water partition coefficient (Wildman–Crippen LogP) is 1.15. The molecule has 0 aliphatic carbocycles. The highest BCUT2D eigenvalue weighted by Crippen LogP contribution is 2.29. The zero-order chi connectivity index (χ0) is 20.4. The number of carbonyl (C=O) groups is 1. The van der Waals surface area contributed by atoms with Gasteiger partial charge in [-0.1, -0.05) is 0 Å². The van der Waals surface area contributed by atoms with E-state index in [1.54, 1.807) is 37.7 Å². The highest BCUT2D eigenvalue weighted by Gasteiger charge is 2.20. The smallest absolute Gasteiger partial charge is 0.350 e. The number of nitrogens with one attached hydrogen (secondary N) is 1. The van der Waals surface area contributed by atoms with E-state index in [1.807, 2.05) is 0 Å². The maximum Gasteiger partial charge on any atom is 0.350 e. The molecule has 1 N–H and O–H groups in total. The first kappa shape index (κ1) is 18.8. The first-order chi connectivity index (χ1) is 14.1. The Hall–Kier alpha value is -3.56. The van der Waals surface area contributed by atoms with E-state index in [2.05, 4.69) is 20.3 Å². The summed E-state index contributed by atoms with van der Waals surface area (Å²) in [5.74, 6) is 1.34. The van der Waals surface area contributed by atoms with Gasteiger partial charge in [-0.05, 0) is 25.0 Å². The third-order valence-corrected chi connectivity index (χ3v) is 4.86. The van der Waals surface area contributed by atoms with Gasteiger partial charge in [0.15, 0.2) is 5.82 Å². The molecule has 1 aromatic carbocycles. The van der Waals surface area contributed by atoms with E-state index in [-0.39, 0.29) is 12.2 Å². The van der Waals surface area contributed by atoms with Crippen LogP contribution in [0.5, 0.6) is 11.5 Å². The molecule has 4 rings (SSSR count). The van der Waals surface area contributed by atoms with Crippen molar-refractivity contribution in [1.82, 2.24) is 19.2 Å². The van der Waals surface area contributed by atoms with Gasteiger partial charge >= 0.3 is 5.69 Å². The molecular formula is C19H22N6O4. The summed E-state index contributed by atoms with van der Waals surface area (Å²) in [5, 5.41) is 7.11. The molecule has 2 aromatic heterocycles. The Morgan fingerprint density at radius 1 is 1.21 bits per heavy atom.